The van der Waals surface area contributed by atoms with Crippen LogP contribution in [-0.4, -0.2) is 24.1 Å². The number of hydrogen-bond acceptors (Lipinski definition) is 5. The number of ether oxygens (including phenoxy) is 1. The van der Waals surface area contributed by atoms with Crippen molar-refractivity contribution in [2.45, 2.75) is 20.3 Å². The highest BCUT2D eigenvalue weighted by Crippen LogP contribution is 2.22. The molecule has 27 heavy (non-hydrogen) atoms. The minimum absolute atomic E-state index is 0.0841. The van der Waals surface area contributed by atoms with E-state index in [0.29, 0.717) is 24.0 Å². The first-order chi connectivity index (χ1) is 13.1. The molecule has 0 spiro atoms. The first-order valence-electron chi connectivity index (χ1n) is 8.73. The van der Waals surface area contributed by atoms with Crippen LogP contribution >= 0.6 is 0 Å². The summed E-state index contributed by atoms with van der Waals surface area (Å²) in [6, 6.07) is 17.3. The Bertz CT molecular complexity index is 873. The molecule has 0 fully saturated rings. The quantitative estimate of drug-likeness (QED) is 0.487. The highest BCUT2D eigenvalue weighted by molar-refractivity contribution is 5.77. The van der Waals surface area contributed by atoms with Crippen LogP contribution in [0.1, 0.15) is 17.0 Å². The Morgan fingerprint density at radius 1 is 1.04 bits per heavy atom. The summed E-state index contributed by atoms with van der Waals surface area (Å²) in [6.45, 7) is 4.39. The molecule has 0 aliphatic heterocycles. The molecular formula is C21H22N2O4. The second kappa shape index (κ2) is 9.00. The van der Waals surface area contributed by atoms with E-state index in [1.165, 1.54) is 0 Å². The van der Waals surface area contributed by atoms with Gasteiger partial charge in [-0.15, -0.1) is 0 Å². The molecule has 0 aliphatic rings. The van der Waals surface area contributed by atoms with Gasteiger partial charge in [0.05, 0.1) is 12.1 Å². The largest absolute Gasteiger partial charge is 0.491 e. The number of amides is 1. The van der Waals surface area contributed by atoms with Crippen molar-refractivity contribution < 1.29 is 18.8 Å². The summed E-state index contributed by atoms with van der Waals surface area (Å²) in [5.74, 6) is 1.59. The van der Waals surface area contributed by atoms with E-state index in [2.05, 4.69) is 10.5 Å². The molecule has 6 nitrogen and oxygen atoms in total. The molecule has 0 saturated heterocycles. The van der Waals surface area contributed by atoms with Gasteiger partial charge in [-0.3, -0.25) is 9.63 Å². The third-order valence-corrected chi connectivity index (χ3v) is 3.90. The predicted molar refractivity (Wildman–Crippen MR) is 101 cm³/mol. The van der Waals surface area contributed by atoms with Gasteiger partial charge in [0.2, 0.25) is 11.8 Å². The molecule has 1 amide bonds. The number of para-hydroxylation sites is 1. The van der Waals surface area contributed by atoms with Crippen LogP contribution < -0.4 is 10.2 Å². The normalized spacial score (nSPS) is 10.6. The predicted octanol–water partition coefficient (Wildman–Crippen LogP) is 3.63. The van der Waals surface area contributed by atoms with E-state index >= 15 is 0 Å². The highest BCUT2D eigenvalue weighted by Gasteiger charge is 2.14. The Balaban J connectivity index is 1.44. The Kier molecular flexibility index (Phi) is 6.22. The summed E-state index contributed by atoms with van der Waals surface area (Å²) >= 11 is 0. The molecular weight excluding hydrogens is 344 g/mol. The monoisotopic (exact) mass is 366 g/mol. The fourth-order valence-electron chi connectivity index (χ4n) is 2.45. The average molecular weight is 366 g/mol. The number of carbonyl (C=O) groups excluding carboxylic acids is 1. The van der Waals surface area contributed by atoms with Gasteiger partial charge in [-0.2, -0.15) is 0 Å². The number of nitrogens with one attached hydrogen (secondary N) is 1. The molecule has 0 unspecified atom stereocenters. The maximum atomic E-state index is 12.0. The van der Waals surface area contributed by atoms with Crippen molar-refractivity contribution in [3.63, 3.8) is 0 Å². The molecule has 3 aromatic rings. The van der Waals surface area contributed by atoms with Crippen LogP contribution in [0.4, 0.5) is 0 Å². The van der Waals surface area contributed by atoms with E-state index < -0.39 is 0 Å². The van der Waals surface area contributed by atoms with Crippen LogP contribution in [-0.2, 0) is 16.1 Å². The molecule has 6 heteroatoms. The van der Waals surface area contributed by atoms with Gasteiger partial charge in [-0.1, -0.05) is 35.9 Å². The summed E-state index contributed by atoms with van der Waals surface area (Å²) in [6.07, 6.45) is 0.0841. The van der Waals surface area contributed by atoms with Crippen LogP contribution in [0.25, 0.3) is 11.5 Å². The lowest BCUT2D eigenvalue weighted by Crippen LogP contribution is -2.27. The number of hydroxylamine groups is 1. The van der Waals surface area contributed by atoms with Crippen LogP contribution in [0, 0.1) is 13.8 Å². The number of aryl methyl sites for hydroxylation is 2. The molecule has 0 radical (unpaired) electrons. The molecule has 1 N–H and O–H groups in total. The van der Waals surface area contributed by atoms with Gasteiger partial charge in [-0.05, 0) is 38.1 Å². The Labute approximate surface area is 158 Å². The summed E-state index contributed by atoms with van der Waals surface area (Å²) in [5.41, 5.74) is 5.03. The number of nitrogens with zero attached hydrogens (tertiary/aromatic N) is 1. The van der Waals surface area contributed by atoms with Crippen LogP contribution in [0.5, 0.6) is 5.75 Å². The summed E-state index contributed by atoms with van der Waals surface area (Å²) in [4.78, 5) is 21.6. The van der Waals surface area contributed by atoms with Crippen LogP contribution in [0.3, 0.4) is 0 Å². The maximum absolute atomic E-state index is 12.0. The van der Waals surface area contributed by atoms with Crippen molar-refractivity contribution in [2.24, 2.45) is 0 Å². The second-order valence-corrected chi connectivity index (χ2v) is 6.10. The van der Waals surface area contributed by atoms with E-state index in [1.54, 1.807) is 6.92 Å². The molecule has 2 aromatic carbocycles. The Morgan fingerprint density at radius 3 is 2.52 bits per heavy atom. The van der Waals surface area contributed by atoms with Crippen LogP contribution in [0.2, 0.25) is 0 Å². The molecule has 0 bridgehead atoms. The number of carbonyl (C=O) groups is 1. The summed E-state index contributed by atoms with van der Waals surface area (Å²) in [7, 11) is 0. The van der Waals surface area contributed by atoms with Crippen molar-refractivity contribution in [3.05, 3.63) is 71.6 Å². The number of oxazole rings is 1. The van der Waals surface area contributed by atoms with Gasteiger partial charge in [-0.25, -0.2) is 10.5 Å². The third-order valence-electron chi connectivity index (χ3n) is 3.90. The summed E-state index contributed by atoms with van der Waals surface area (Å²) in [5, 5.41) is 0. The standard InChI is InChI=1S/C21H22N2O4/c1-15-8-10-17(11-9-15)21-22-19(16(2)27-21)14-20(24)23-26-13-12-25-18-6-4-3-5-7-18/h3-11H,12-14H2,1-2H3,(H,23,24). The number of benzene rings is 2. The number of rotatable bonds is 8. The van der Waals surface area contributed by atoms with Crippen molar-refractivity contribution >= 4 is 5.91 Å². The number of aromatic nitrogens is 1. The summed E-state index contributed by atoms with van der Waals surface area (Å²) < 4.78 is 11.2. The minimum atomic E-state index is -0.290. The second-order valence-electron chi connectivity index (χ2n) is 6.10. The zero-order valence-electron chi connectivity index (χ0n) is 15.4. The van der Waals surface area contributed by atoms with Gasteiger partial charge in [0.1, 0.15) is 24.7 Å². The van der Waals surface area contributed by atoms with E-state index in [9.17, 15) is 4.79 Å². The topological polar surface area (TPSA) is 73.6 Å². The van der Waals surface area contributed by atoms with Gasteiger partial charge in [0.25, 0.3) is 0 Å². The molecule has 1 aromatic heterocycles. The van der Waals surface area contributed by atoms with Crippen molar-refractivity contribution in [1.29, 1.82) is 0 Å². The van der Waals surface area contributed by atoms with E-state index in [0.717, 1.165) is 16.9 Å². The van der Waals surface area contributed by atoms with Crippen molar-refractivity contribution in [1.82, 2.24) is 10.5 Å². The third kappa shape index (κ3) is 5.43. The molecule has 0 atom stereocenters. The number of hydrogen-bond donors (Lipinski definition) is 1. The van der Waals surface area contributed by atoms with E-state index in [4.69, 9.17) is 14.0 Å². The molecule has 3 rings (SSSR count). The fraction of sp³-hybridized carbons (Fsp3) is 0.238. The van der Waals surface area contributed by atoms with Gasteiger partial charge in [0, 0.05) is 5.56 Å². The molecule has 0 saturated carbocycles. The zero-order chi connectivity index (χ0) is 19.1. The molecule has 1 heterocycles. The molecule has 140 valence electrons. The first kappa shape index (κ1) is 18.7. The average Bonchev–Trinajstić information content (AvgIpc) is 3.03. The lowest BCUT2D eigenvalue weighted by molar-refractivity contribution is -0.133. The van der Waals surface area contributed by atoms with Crippen molar-refractivity contribution in [2.75, 3.05) is 13.2 Å². The first-order valence-corrected chi connectivity index (χ1v) is 8.73. The Hall–Kier alpha value is -3.12. The zero-order valence-corrected chi connectivity index (χ0v) is 15.4. The van der Waals surface area contributed by atoms with E-state index in [1.807, 2.05) is 61.5 Å². The van der Waals surface area contributed by atoms with Crippen LogP contribution in [0.15, 0.2) is 59.0 Å². The lowest BCUT2D eigenvalue weighted by atomic mass is 10.1. The SMILES string of the molecule is Cc1ccc(-c2nc(CC(=O)NOCCOc3ccccc3)c(C)o2)cc1. The van der Waals surface area contributed by atoms with Gasteiger partial charge >= 0.3 is 0 Å². The van der Waals surface area contributed by atoms with Crippen molar-refractivity contribution in [3.8, 4) is 17.2 Å². The highest BCUT2D eigenvalue weighted by atomic mass is 16.7. The van der Waals surface area contributed by atoms with E-state index in [-0.39, 0.29) is 18.9 Å². The van der Waals surface area contributed by atoms with Gasteiger partial charge < -0.3 is 9.15 Å². The maximum Gasteiger partial charge on any atom is 0.249 e. The minimum Gasteiger partial charge on any atom is -0.491 e. The smallest absolute Gasteiger partial charge is 0.249 e. The van der Waals surface area contributed by atoms with Gasteiger partial charge in [0.15, 0.2) is 0 Å². The lowest BCUT2D eigenvalue weighted by Gasteiger charge is -2.07. The Morgan fingerprint density at radius 2 is 1.78 bits per heavy atom. The fourth-order valence-corrected chi connectivity index (χ4v) is 2.45. The molecule has 0 aliphatic carbocycles.